The predicted octanol–water partition coefficient (Wildman–Crippen LogP) is 7.19. The third-order valence-corrected chi connectivity index (χ3v) is 9.10. The molecule has 0 aromatic heterocycles. The van der Waals surface area contributed by atoms with E-state index in [1.54, 1.807) is 0 Å². The zero-order valence-electron chi connectivity index (χ0n) is 32.2. The van der Waals surface area contributed by atoms with E-state index in [0.717, 1.165) is 95.7 Å². The fourth-order valence-corrected chi connectivity index (χ4v) is 6.39. The molecule has 0 spiro atoms. The lowest BCUT2D eigenvalue weighted by atomic mass is 10.0. The molecule has 2 aliphatic heterocycles. The molecule has 0 saturated heterocycles. The molecule has 0 bridgehead atoms. The van der Waals surface area contributed by atoms with Crippen LogP contribution in [0.15, 0.2) is 94.9 Å². The Labute approximate surface area is 320 Å². The summed E-state index contributed by atoms with van der Waals surface area (Å²) < 4.78 is 35.9. The monoisotopic (exact) mass is 734 g/mol. The van der Waals surface area contributed by atoms with Gasteiger partial charge in [0.05, 0.1) is 62.4 Å². The Morgan fingerprint density at radius 2 is 0.907 bits per heavy atom. The largest absolute Gasteiger partial charge is 0.494 e. The molecule has 4 aromatic rings. The molecule has 0 unspecified atom stereocenters. The van der Waals surface area contributed by atoms with E-state index in [9.17, 15) is 0 Å². The number of para-hydroxylation sites is 2. The Kier molecular flexibility index (Phi) is 14.5. The highest BCUT2D eigenvalue weighted by atomic mass is 16.6. The summed E-state index contributed by atoms with van der Waals surface area (Å²) in [6.07, 6.45) is 3.46. The molecule has 6 rings (SSSR count). The lowest BCUT2D eigenvalue weighted by molar-refractivity contribution is 0.0273. The van der Waals surface area contributed by atoms with Crippen LogP contribution in [0, 0.1) is 0 Å². The van der Waals surface area contributed by atoms with Crippen molar-refractivity contribution in [1.29, 1.82) is 0 Å². The lowest BCUT2D eigenvalue weighted by Crippen LogP contribution is -2.15. The van der Waals surface area contributed by atoms with Gasteiger partial charge >= 0.3 is 0 Å². The molecule has 0 aliphatic carbocycles. The minimum absolute atomic E-state index is 0.431. The highest BCUT2D eigenvalue weighted by Crippen LogP contribution is 2.35. The summed E-state index contributed by atoms with van der Waals surface area (Å²) in [5.41, 5.74) is 8.31. The van der Waals surface area contributed by atoms with Gasteiger partial charge in [-0.25, -0.2) is 0 Å². The van der Waals surface area contributed by atoms with Crippen LogP contribution in [0.3, 0.4) is 0 Å². The zero-order valence-corrected chi connectivity index (χ0v) is 32.2. The SMILES string of the molecule is CN(C)CCCOc1ccc2c(c1)CC(c1ccccc1OCCOCCOCCOc1ccccc1C1=Nc3ccc(OCCCN(C)C)cc3C1)=N2. The Balaban J connectivity index is 0.864. The van der Waals surface area contributed by atoms with Crippen LogP contribution in [0.1, 0.15) is 35.1 Å². The van der Waals surface area contributed by atoms with Crippen molar-refractivity contribution in [2.24, 2.45) is 9.98 Å². The number of hydrogen-bond donors (Lipinski definition) is 0. The summed E-state index contributed by atoms with van der Waals surface area (Å²) in [5, 5.41) is 0. The molecule has 10 nitrogen and oxygen atoms in total. The fraction of sp³-hybridized carbons (Fsp3) is 0.409. The van der Waals surface area contributed by atoms with Crippen LogP contribution in [-0.2, 0) is 22.3 Å². The second-order valence-corrected chi connectivity index (χ2v) is 14.0. The standard InChI is InChI=1S/C44H54N4O6/c1-47(2)19-9-21-51-35-15-17-39-33(29-35)31-41(45-39)37-11-5-7-13-43(37)53-27-25-49-23-24-50-26-28-54-44-14-8-6-12-38(44)42-32-34-30-36(16-18-40(34)46-42)52-22-10-20-48(3)4/h5-8,11-18,29-30H,9-10,19-28,31-32H2,1-4H3. The van der Waals surface area contributed by atoms with E-state index >= 15 is 0 Å². The average molecular weight is 735 g/mol. The molecule has 2 heterocycles. The van der Waals surface area contributed by atoms with Crippen LogP contribution in [-0.4, -0.2) is 115 Å². The van der Waals surface area contributed by atoms with E-state index in [1.807, 2.05) is 60.7 Å². The quantitative estimate of drug-likeness (QED) is 0.0741. The summed E-state index contributed by atoms with van der Waals surface area (Å²) in [7, 11) is 8.30. The van der Waals surface area contributed by atoms with Crippen molar-refractivity contribution in [1.82, 2.24) is 9.80 Å². The third-order valence-electron chi connectivity index (χ3n) is 9.10. The van der Waals surface area contributed by atoms with Gasteiger partial charge in [-0.15, -0.1) is 0 Å². The smallest absolute Gasteiger partial charge is 0.128 e. The Bertz CT molecular complexity index is 1740. The second kappa shape index (κ2) is 20.1. The van der Waals surface area contributed by atoms with E-state index in [1.165, 1.54) is 11.1 Å². The van der Waals surface area contributed by atoms with Crippen LogP contribution in [0.25, 0.3) is 0 Å². The maximum absolute atomic E-state index is 6.14. The summed E-state index contributed by atoms with van der Waals surface area (Å²) in [6.45, 7) is 6.12. The fourth-order valence-electron chi connectivity index (χ4n) is 6.39. The first-order valence-electron chi connectivity index (χ1n) is 19.0. The van der Waals surface area contributed by atoms with Gasteiger partial charge in [0, 0.05) is 37.1 Å². The molecular weight excluding hydrogens is 681 g/mol. The summed E-state index contributed by atoms with van der Waals surface area (Å²) in [5.74, 6) is 3.39. The van der Waals surface area contributed by atoms with Crippen LogP contribution >= 0.6 is 0 Å². The van der Waals surface area contributed by atoms with E-state index in [4.69, 9.17) is 38.4 Å². The molecule has 0 radical (unpaired) electrons. The van der Waals surface area contributed by atoms with Crippen molar-refractivity contribution >= 4 is 22.8 Å². The molecule has 54 heavy (non-hydrogen) atoms. The summed E-state index contributed by atoms with van der Waals surface area (Å²) >= 11 is 0. The summed E-state index contributed by atoms with van der Waals surface area (Å²) in [6, 6.07) is 28.4. The van der Waals surface area contributed by atoms with Gasteiger partial charge in [-0.05, 0) is 113 Å². The maximum atomic E-state index is 6.14. The molecule has 4 aromatic carbocycles. The first-order chi connectivity index (χ1) is 26.4. The number of ether oxygens (including phenoxy) is 6. The number of rotatable bonds is 23. The molecule has 0 N–H and O–H groups in total. The molecule has 10 heteroatoms. The van der Waals surface area contributed by atoms with E-state index in [0.29, 0.717) is 52.9 Å². The molecule has 2 aliphatic rings. The molecule has 0 atom stereocenters. The van der Waals surface area contributed by atoms with Crippen LogP contribution in [0.4, 0.5) is 11.4 Å². The highest BCUT2D eigenvalue weighted by molar-refractivity contribution is 6.09. The molecule has 0 fully saturated rings. The van der Waals surface area contributed by atoms with Crippen molar-refractivity contribution in [3.63, 3.8) is 0 Å². The topological polar surface area (TPSA) is 86.6 Å². The number of nitrogens with zero attached hydrogens (tertiary/aromatic N) is 4. The highest BCUT2D eigenvalue weighted by Gasteiger charge is 2.21. The maximum Gasteiger partial charge on any atom is 0.128 e. The Hall–Kier alpha value is -4.74. The van der Waals surface area contributed by atoms with Gasteiger partial charge < -0.3 is 38.2 Å². The van der Waals surface area contributed by atoms with E-state index in [2.05, 4.69) is 62.3 Å². The van der Waals surface area contributed by atoms with Gasteiger partial charge in [0.15, 0.2) is 0 Å². The van der Waals surface area contributed by atoms with Gasteiger partial charge in [-0.3, -0.25) is 9.98 Å². The number of hydrogen-bond acceptors (Lipinski definition) is 10. The molecule has 286 valence electrons. The predicted molar refractivity (Wildman–Crippen MR) is 216 cm³/mol. The van der Waals surface area contributed by atoms with E-state index in [-0.39, 0.29) is 0 Å². The number of aliphatic imine (C=N–C) groups is 2. The Morgan fingerprint density at radius 1 is 0.481 bits per heavy atom. The van der Waals surface area contributed by atoms with Gasteiger partial charge in [0.2, 0.25) is 0 Å². The van der Waals surface area contributed by atoms with Crippen molar-refractivity contribution in [3.8, 4) is 23.0 Å². The zero-order chi connectivity index (χ0) is 37.5. The minimum Gasteiger partial charge on any atom is -0.494 e. The molecular formula is C44H54N4O6. The van der Waals surface area contributed by atoms with E-state index < -0.39 is 0 Å². The van der Waals surface area contributed by atoms with Crippen molar-refractivity contribution < 1.29 is 28.4 Å². The first kappa shape index (κ1) is 39.0. The van der Waals surface area contributed by atoms with Crippen LogP contribution in [0.5, 0.6) is 23.0 Å². The van der Waals surface area contributed by atoms with Crippen molar-refractivity contribution in [2.75, 3.05) is 94.1 Å². The van der Waals surface area contributed by atoms with Crippen LogP contribution < -0.4 is 18.9 Å². The molecule has 0 saturated carbocycles. The summed E-state index contributed by atoms with van der Waals surface area (Å²) in [4.78, 5) is 14.2. The van der Waals surface area contributed by atoms with Crippen molar-refractivity contribution in [3.05, 3.63) is 107 Å². The normalized spacial score (nSPS) is 13.1. The van der Waals surface area contributed by atoms with Crippen LogP contribution in [0.2, 0.25) is 0 Å². The average Bonchev–Trinajstić information content (AvgIpc) is 3.80. The van der Waals surface area contributed by atoms with Gasteiger partial charge in [-0.2, -0.15) is 0 Å². The first-order valence-corrected chi connectivity index (χ1v) is 19.0. The third kappa shape index (κ3) is 11.4. The Morgan fingerprint density at radius 3 is 1.35 bits per heavy atom. The van der Waals surface area contributed by atoms with Gasteiger partial charge in [-0.1, -0.05) is 24.3 Å². The number of fused-ring (bicyclic) bond motifs is 2. The van der Waals surface area contributed by atoms with Gasteiger partial charge in [0.1, 0.15) is 36.2 Å². The van der Waals surface area contributed by atoms with Gasteiger partial charge in [0.25, 0.3) is 0 Å². The van der Waals surface area contributed by atoms with Crippen molar-refractivity contribution in [2.45, 2.75) is 25.7 Å². The number of benzene rings is 4. The molecule has 0 amide bonds. The minimum atomic E-state index is 0.431. The lowest BCUT2D eigenvalue weighted by Gasteiger charge is -2.13. The second-order valence-electron chi connectivity index (χ2n) is 14.0.